The molecule has 1 aromatic heterocycles. The molecule has 2 aromatic carbocycles. The molecule has 0 fully saturated rings. The normalized spacial score (nSPS) is 11.5. The number of rotatable bonds is 2. The van der Waals surface area contributed by atoms with Crippen LogP contribution in [0.5, 0.6) is 0 Å². The molecule has 0 bridgehead atoms. The zero-order valence-electron chi connectivity index (χ0n) is 10.8. The van der Waals surface area contributed by atoms with Gasteiger partial charge in [0.25, 0.3) is 0 Å². The molecular formula is C16H14OS2. The highest BCUT2D eigenvalue weighted by atomic mass is 32.2. The van der Waals surface area contributed by atoms with E-state index >= 15 is 0 Å². The first-order valence-corrected chi connectivity index (χ1v) is 7.97. The van der Waals surface area contributed by atoms with Gasteiger partial charge in [0.1, 0.15) is 0 Å². The summed E-state index contributed by atoms with van der Waals surface area (Å²) in [5.74, 6) is 0. The Morgan fingerprint density at radius 1 is 1.00 bits per heavy atom. The van der Waals surface area contributed by atoms with Crippen molar-refractivity contribution in [3.63, 3.8) is 0 Å². The molecule has 0 amide bonds. The zero-order valence-corrected chi connectivity index (χ0v) is 12.5. The van der Waals surface area contributed by atoms with Crippen LogP contribution in [-0.4, -0.2) is 5.25 Å². The summed E-state index contributed by atoms with van der Waals surface area (Å²) >= 11 is 3.45. The van der Waals surface area contributed by atoms with Gasteiger partial charge >= 0.3 is 0 Å². The summed E-state index contributed by atoms with van der Waals surface area (Å²) in [6.45, 7) is 4.30. The van der Waals surface area contributed by atoms with Crippen molar-refractivity contribution in [1.29, 1.82) is 0 Å². The average molecular weight is 286 g/mol. The molecule has 0 aliphatic heterocycles. The van der Waals surface area contributed by atoms with Crippen LogP contribution in [-0.2, 0) is 0 Å². The minimum Gasteiger partial charge on any atom is -0.288 e. The van der Waals surface area contributed by atoms with Crippen LogP contribution in [0, 0.1) is 0 Å². The molecule has 1 nitrogen and oxygen atoms in total. The molecule has 0 N–H and O–H groups in total. The largest absolute Gasteiger partial charge is 0.288 e. The maximum Gasteiger partial charge on any atom is 0.196 e. The van der Waals surface area contributed by atoms with Gasteiger partial charge in [-0.15, -0.1) is 23.1 Å². The van der Waals surface area contributed by atoms with E-state index < -0.39 is 0 Å². The van der Waals surface area contributed by atoms with Gasteiger partial charge in [0.05, 0.1) is 5.39 Å². The number of hydrogen-bond acceptors (Lipinski definition) is 3. The molecule has 0 saturated carbocycles. The second-order valence-electron chi connectivity index (χ2n) is 4.72. The van der Waals surface area contributed by atoms with Crippen molar-refractivity contribution in [2.24, 2.45) is 0 Å². The third-order valence-electron chi connectivity index (χ3n) is 2.93. The van der Waals surface area contributed by atoms with E-state index in [0.717, 1.165) is 25.1 Å². The Labute approximate surface area is 120 Å². The van der Waals surface area contributed by atoms with E-state index in [9.17, 15) is 4.79 Å². The minimum absolute atomic E-state index is 0.160. The molecule has 0 atom stereocenters. The minimum atomic E-state index is 0.160. The Bertz CT molecular complexity index is 803. The second kappa shape index (κ2) is 4.99. The lowest BCUT2D eigenvalue weighted by atomic mass is 10.2. The van der Waals surface area contributed by atoms with Gasteiger partial charge in [-0.25, -0.2) is 0 Å². The van der Waals surface area contributed by atoms with E-state index in [1.54, 1.807) is 23.1 Å². The average Bonchev–Trinajstić information content (AvgIpc) is 2.38. The molecule has 0 aliphatic carbocycles. The van der Waals surface area contributed by atoms with Gasteiger partial charge in [0, 0.05) is 24.9 Å². The molecule has 0 aliphatic rings. The fraction of sp³-hybridized carbons (Fsp3) is 0.188. The molecule has 96 valence electrons. The third kappa shape index (κ3) is 2.28. The van der Waals surface area contributed by atoms with E-state index in [1.807, 2.05) is 36.4 Å². The standard InChI is InChI=1S/C16H14OS2/c1-10(2)18-13-8-5-9-14-15(13)16(17)11-6-3-4-7-12(11)19-14/h3-10H,1-2H3. The van der Waals surface area contributed by atoms with Crippen molar-refractivity contribution in [3.8, 4) is 0 Å². The van der Waals surface area contributed by atoms with E-state index in [4.69, 9.17) is 0 Å². The summed E-state index contributed by atoms with van der Waals surface area (Å²) < 4.78 is 2.14. The Hall–Kier alpha value is -1.32. The first kappa shape index (κ1) is 12.7. The molecule has 3 aromatic rings. The van der Waals surface area contributed by atoms with Crippen LogP contribution < -0.4 is 5.43 Å². The first-order chi connectivity index (χ1) is 9.16. The number of thioether (sulfide) groups is 1. The lowest BCUT2D eigenvalue weighted by Gasteiger charge is -2.08. The van der Waals surface area contributed by atoms with Crippen LogP contribution >= 0.6 is 23.1 Å². The predicted molar refractivity (Wildman–Crippen MR) is 86.6 cm³/mol. The van der Waals surface area contributed by atoms with Crippen molar-refractivity contribution in [2.75, 3.05) is 0 Å². The highest BCUT2D eigenvalue weighted by molar-refractivity contribution is 8.00. The van der Waals surface area contributed by atoms with E-state index in [1.165, 1.54) is 0 Å². The number of hydrogen-bond donors (Lipinski definition) is 0. The van der Waals surface area contributed by atoms with Crippen LogP contribution in [0.25, 0.3) is 20.2 Å². The van der Waals surface area contributed by atoms with Crippen LogP contribution in [0.15, 0.2) is 52.2 Å². The first-order valence-electron chi connectivity index (χ1n) is 6.28. The molecule has 0 unspecified atom stereocenters. The maximum atomic E-state index is 12.7. The fourth-order valence-electron chi connectivity index (χ4n) is 2.17. The van der Waals surface area contributed by atoms with Crippen LogP contribution in [0.1, 0.15) is 13.8 Å². The molecule has 1 heterocycles. The van der Waals surface area contributed by atoms with Gasteiger partial charge in [-0.3, -0.25) is 4.79 Å². The highest BCUT2D eigenvalue weighted by Gasteiger charge is 2.10. The molecule has 0 saturated heterocycles. The maximum absolute atomic E-state index is 12.7. The summed E-state index contributed by atoms with van der Waals surface area (Å²) in [5, 5.41) is 2.18. The summed E-state index contributed by atoms with van der Waals surface area (Å²) in [6.07, 6.45) is 0. The van der Waals surface area contributed by atoms with Crippen molar-refractivity contribution >= 4 is 43.3 Å². The SMILES string of the molecule is CC(C)Sc1cccc2sc3ccccc3c(=O)c12. The molecular weight excluding hydrogens is 272 g/mol. The van der Waals surface area contributed by atoms with Crippen LogP contribution in [0.2, 0.25) is 0 Å². The monoisotopic (exact) mass is 286 g/mol. The Morgan fingerprint density at radius 2 is 1.74 bits per heavy atom. The summed E-state index contributed by atoms with van der Waals surface area (Å²) in [6, 6.07) is 14.0. The Morgan fingerprint density at radius 3 is 2.53 bits per heavy atom. The molecule has 3 heteroatoms. The third-order valence-corrected chi connectivity index (χ3v) is 5.13. The van der Waals surface area contributed by atoms with Gasteiger partial charge in [-0.05, 0) is 24.3 Å². The van der Waals surface area contributed by atoms with Crippen molar-refractivity contribution in [1.82, 2.24) is 0 Å². The van der Waals surface area contributed by atoms with Gasteiger partial charge < -0.3 is 0 Å². The second-order valence-corrected chi connectivity index (χ2v) is 7.43. The lowest BCUT2D eigenvalue weighted by Crippen LogP contribution is -2.02. The van der Waals surface area contributed by atoms with Gasteiger partial charge in [-0.2, -0.15) is 0 Å². The Balaban J connectivity index is 2.42. The smallest absolute Gasteiger partial charge is 0.196 e. The predicted octanol–water partition coefficient (Wildman–Crippen LogP) is 4.92. The van der Waals surface area contributed by atoms with Crippen molar-refractivity contribution in [3.05, 3.63) is 52.7 Å². The Kier molecular flexibility index (Phi) is 3.33. The molecule has 3 rings (SSSR count). The zero-order chi connectivity index (χ0) is 13.4. The lowest BCUT2D eigenvalue weighted by molar-refractivity contribution is 1.11. The molecule has 0 radical (unpaired) electrons. The fourth-order valence-corrected chi connectivity index (χ4v) is 4.32. The number of benzene rings is 2. The van der Waals surface area contributed by atoms with Crippen molar-refractivity contribution in [2.45, 2.75) is 24.0 Å². The highest BCUT2D eigenvalue weighted by Crippen LogP contribution is 2.32. The van der Waals surface area contributed by atoms with Crippen LogP contribution in [0.4, 0.5) is 0 Å². The summed E-state index contributed by atoms with van der Waals surface area (Å²) in [4.78, 5) is 13.8. The summed E-state index contributed by atoms with van der Waals surface area (Å²) in [7, 11) is 0. The van der Waals surface area contributed by atoms with E-state index in [-0.39, 0.29) is 5.43 Å². The molecule has 0 spiro atoms. The van der Waals surface area contributed by atoms with Gasteiger partial charge in [0.15, 0.2) is 5.43 Å². The number of fused-ring (bicyclic) bond motifs is 2. The quantitative estimate of drug-likeness (QED) is 0.491. The van der Waals surface area contributed by atoms with E-state index in [0.29, 0.717) is 5.25 Å². The van der Waals surface area contributed by atoms with Crippen molar-refractivity contribution < 1.29 is 0 Å². The van der Waals surface area contributed by atoms with E-state index in [2.05, 4.69) is 19.9 Å². The van der Waals surface area contributed by atoms with Crippen LogP contribution in [0.3, 0.4) is 0 Å². The molecule has 19 heavy (non-hydrogen) atoms. The van der Waals surface area contributed by atoms with Gasteiger partial charge in [0.2, 0.25) is 0 Å². The summed E-state index contributed by atoms with van der Waals surface area (Å²) in [5.41, 5.74) is 0.160. The topological polar surface area (TPSA) is 17.1 Å². The van der Waals surface area contributed by atoms with Gasteiger partial charge in [-0.1, -0.05) is 32.0 Å².